The van der Waals surface area contributed by atoms with E-state index in [2.05, 4.69) is 20.2 Å². The molecule has 0 unspecified atom stereocenters. The zero-order valence-corrected chi connectivity index (χ0v) is 16.0. The van der Waals surface area contributed by atoms with Crippen LogP contribution >= 0.6 is 0 Å². The number of benzene rings is 2. The van der Waals surface area contributed by atoms with Gasteiger partial charge in [-0.05, 0) is 49.7 Å². The maximum absolute atomic E-state index is 14.5. The Balaban J connectivity index is 1.85. The molecule has 0 fully saturated rings. The van der Waals surface area contributed by atoms with Crippen molar-refractivity contribution in [2.45, 2.75) is 24.8 Å². The summed E-state index contributed by atoms with van der Waals surface area (Å²) in [5, 5.41) is 9.13. The number of carbonyl (C=O) groups is 1. The summed E-state index contributed by atoms with van der Waals surface area (Å²) < 4.78 is 42.0. The Kier molecular flexibility index (Phi) is 5.46. The number of amides is 1. The van der Waals surface area contributed by atoms with E-state index < -0.39 is 20.7 Å². The molecule has 0 radical (unpaired) electrons. The molecule has 1 heterocycles. The van der Waals surface area contributed by atoms with Gasteiger partial charge in [-0.3, -0.25) is 14.6 Å². The van der Waals surface area contributed by atoms with Crippen LogP contribution in [0.1, 0.15) is 24.2 Å². The van der Waals surface area contributed by atoms with E-state index in [4.69, 9.17) is 0 Å². The third-order valence-electron chi connectivity index (χ3n) is 3.85. The average Bonchev–Trinajstić information content (AvgIpc) is 3.15. The van der Waals surface area contributed by atoms with E-state index in [1.165, 1.54) is 30.5 Å². The van der Waals surface area contributed by atoms with Crippen LogP contribution in [0.15, 0.2) is 59.8 Å². The third-order valence-corrected chi connectivity index (χ3v) is 5.26. The van der Waals surface area contributed by atoms with Crippen LogP contribution in [0.4, 0.5) is 10.1 Å². The van der Waals surface area contributed by atoms with Crippen LogP contribution in [0.2, 0.25) is 0 Å². The molecule has 28 heavy (non-hydrogen) atoms. The second kappa shape index (κ2) is 7.81. The van der Waals surface area contributed by atoms with Crippen molar-refractivity contribution in [2.75, 3.05) is 4.72 Å². The number of halogens is 1. The number of hydrogen-bond acceptors (Lipinski definition) is 4. The molecule has 0 aliphatic heterocycles. The first kappa shape index (κ1) is 19.6. The fourth-order valence-corrected chi connectivity index (χ4v) is 3.70. The third kappa shape index (κ3) is 4.37. The first-order valence-electron chi connectivity index (χ1n) is 8.49. The van der Waals surface area contributed by atoms with Gasteiger partial charge in [0.15, 0.2) is 0 Å². The van der Waals surface area contributed by atoms with Gasteiger partial charge in [-0.1, -0.05) is 12.1 Å². The number of aromatic nitrogens is 2. The molecule has 0 aliphatic carbocycles. The predicted molar refractivity (Wildman–Crippen MR) is 104 cm³/mol. The smallest absolute Gasteiger partial charge is 0.264 e. The van der Waals surface area contributed by atoms with Crippen molar-refractivity contribution < 1.29 is 17.6 Å². The lowest BCUT2D eigenvalue weighted by Gasteiger charge is -2.12. The van der Waals surface area contributed by atoms with Gasteiger partial charge in [-0.2, -0.15) is 5.10 Å². The van der Waals surface area contributed by atoms with E-state index in [0.29, 0.717) is 16.7 Å². The number of H-pyrrole nitrogens is 1. The molecule has 0 saturated heterocycles. The summed E-state index contributed by atoms with van der Waals surface area (Å²) in [5.41, 5.74) is 1.59. The summed E-state index contributed by atoms with van der Waals surface area (Å²) >= 11 is 0. The van der Waals surface area contributed by atoms with Crippen molar-refractivity contribution in [2.24, 2.45) is 0 Å². The largest absolute Gasteiger partial charge is 0.350 e. The van der Waals surface area contributed by atoms with Gasteiger partial charge in [0, 0.05) is 29.1 Å². The molecule has 146 valence electrons. The van der Waals surface area contributed by atoms with Crippen LogP contribution in [0.5, 0.6) is 0 Å². The lowest BCUT2D eigenvalue weighted by atomic mass is 10.1. The fraction of sp³-hybridized carbons (Fsp3) is 0.158. The topological polar surface area (TPSA) is 104 Å². The monoisotopic (exact) mass is 402 g/mol. The molecule has 0 atom stereocenters. The Morgan fingerprint density at radius 3 is 2.57 bits per heavy atom. The molecule has 7 nitrogen and oxygen atoms in total. The number of hydrogen-bond donors (Lipinski definition) is 3. The Hall–Kier alpha value is -3.20. The number of sulfonamides is 1. The van der Waals surface area contributed by atoms with Crippen LogP contribution < -0.4 is 10.0 Å². The van der Waals surface area contributed by atoms with Gasteiger partial charge in [0.05, 0.1) is 6.20 Å². The highest BCUT2D eigenvalue weighted by atomic mass is 32.2. The zero-order valence-electron chi connectivity index (χ0n) is 15.2. The summed E-state index contributed by atoms with van der Waals surface area (Å²) in [6, 6.07) is 9.75. The molecule has 3 N–H and O–H groups in total. The van der Waals surface area contributed by atoms with Crippen LogP contribution in [-0.4, -0.2) is 30.6 Å². The molecular weight excluding hydrogens is 383 g/mol. The van der Waals surface area contributed by atoms with Crippen molar-refractivity contribution in [3.05, 3.63) is 66.2 Å². The maximum atomic E-state index is 14.5. The molecule has 0 aliphatic rings. The maximum Gasteiger partial charge on any atom is 0.264 e. The van der Waals surface area contributed by atoms with Crippen molar-refractivity contribution >= 4 is 21.6 Å². The molecule has 1 aromatic heterocycles. The number of anilines is 1. The first-order chi connectivity index (χ1) is 13.3. The molecule has 0 bridgehead atoms. The Bertz CT molecular complexity index is 1100. The highest BCUT2D eigenvalue weighted by Gasteiger charge is 2.20. The van der Waals surface area contributed by atoms with Crippen LogP contribution in [0.3, 0.4) is 0 Å². The number of nitrogens with one attached hydrogen (secondary N) is 3. The van der Waals surface area contributed by atoms with Gasteiger partial charge in [0.2, 0.25) is 0 Å². The van der Waals surface area contributed by atoms with Crippen molar-refractivity contribution in [1.82, 2.24) is 15.5 Å². The molecule has 0 saturated carbocycles. The van der Waals surface area contributed by atoms with Gasteiger partial charge < -0.3 is 5.32 Å². The molecule has 3 aromatic rings. The van der Waals surface area contributed by atoms with Gasteiger partial charge in [-0.25, -0.2) is 12.8 Å². The second-order valence-corrected chi connectivity index (χ2v) is 8.10. The number of carbonyl (C=O) groups excluding carboxylic acids is 1. The highest BCUT2D eigenvalue weighted by molar-refractivity contribution is 7.92. The minimum atomic E-state index is -4.18. The standard InChI is InChI=1S/C19H19FN4O3S/c1-12(2)23-19(25)14-4-3-5-16(8-14)24-28(26,27)18-7-6-13(9-17(18)20)15-10-21-22-11-15/h3-12,24H,1-2H3,(H,21,22)(H,23,25). The Morgan fingerprint density at radius 1 is 1.14 bits per heavy atom. The zero-order chi connectivity index (χ0) is 20.3. The van der Waals surface area contributed by atoms with E-state index in [1.54, 1.807) is 18.3 Å². The van der Waals surface area contributed by atoms with Gasteiger partial charge in [0.1, 0.15) is 10.7 Å². The minimum absolute atomic E-state index is 0.0596. The highest BCUT2D eigenvalue weighted by Crippen LogP contribution is 2.25. The van der Waals surface area contributed by atoms with E-state index in [-0.39, 0.29) is 17.6 Å². The molecule has 2 aromatic carbocycles. The van der Waals surface area contributed by atoms with Gasteiger partial charge in [0.25, 0.3) is 15.9 Å². The predicted octanol–water partition coefficient (Wildman–Crippen LogP) is 3.15. The summed E-state index contributed by atoms with van der Waals surface area (Å²) in [5.74, 6) is -1.22. The minimum Gasteiger partial charge on any atom is -0.350 e. The quantitative estimate of drug-likeness (QED) is 0.589. The second-order valence-electron chi connectivity index (χ2n) is 6.45. The number of rotatable bonds is 6. The van der Waals surface area contributed by atoms with Crippen LogP contribution in [0, 0.1) is 5.82 Å². The fourth-order valence-electron chi connectivity index (χ4n) is 2.59. The van der Waals surface area contributed by atoms with E-state index in [9.17, 15) is 17.6 Å². The lowest BCUT2D eigenvalue weighted by Crippen LogP contribution is -2.30. The average molecular weight is 402 g/mol. The SMILES string of the molecule is CC(C)NC(=O)c1cccc(NS(=O)(=O)c2ccc(-c3cn[nH]c3)cc2F)c1. The molecule has 9 heteroatoms. The normalized spacial score (nSPS) is 11.4. The Labute approximate surface area is 162 Å². The van der Waals surface area contributed by atoms with Crippen molar-refractivity contribution in [3.8, 4) is 11.1 Å². The van der Waals surface area contributed by atoms with E-state index >= 15 is 0 Å². The van der Waals surface area contributed by atoms with Crippen molar-refractivity contribution in [1.29, 1.82) is 0 Å². The Morgan fingerprint density at radius 2 is 1.93 bits per heavy atom. The van der Waals surface area contributed by atoms with Gasteiger partial charge in [-0.15, -0.1) is 0 Å². The van der Waals surface area contributed by atoms with Crippen LogP contribution in [-0.2, 0) is 10.0 Å². The summed E-state index contributed by atoms with van der Waals surface area (Å²) in [6.45, 7) is 3.64. The molecule has 3 rings (SSSR count). The molecule has 0 spiro atoms. The lowest BCUT2D eigenvalue weighted by molar-refractivity contribution is 0.0943. The number of aromatic amines is 1. The summed E-state index contributed by atoms with van der Waals surface area (Å²) in [6.07, 6.45) is 3.09. The van der Waals surface area contributed by atoms with Crippen LogP contribution in [0.25, 0.3) is 11.1 Å². The molecular formula is C19H19FN4O3S. The van der Waals surface area contributed by atoms with E-state index in [0.717, 1.165) is 6.07 Å². The van der Waals surface area contributed by atoms with E-state index in [1.807, 2.05) is 13.8 Å². The summed E-state index contributed by atoms with van der Waals surface area (Å²) in [4.78, 5) is 11.6. The van der Waals surface area contributed by atoms with Crippen molar-refractivity contribution in [3.63, 3.8) is 0 Å². The number of nitrogens with zero attached hydrogens (tertiary/aromatic N) is 1. The molecule has 1 amide bonds. The first-order valence-corrected chi connectivity index (χ1v) is 9.97. The summed E-state index contributed by atoms with van der Waals surface area (Å²) in [7, 11) is -4.18. The van der Waals surface area contributed by atoms with Gasteiger partial charge >= 0.3 is 0 Å².